The predicted molar refractivity (Wildman–Crippen MR) is 68.4 cm³/mol. The molecule has 17 heavy (non-hydrogen) atoms. The molecule has 0 unspecified atom stereocenters. The lowest BCUT2D eigenvalue weighted by Gasteiger charge is -2.10. The highest BCUT2D eigenvalue weighted by Gasteiger charge is 2.04. The zero-order valence-corrected chi connectivity index (χ0v) is 9.66. The van der Waals surface area contributed by atoms with Crippen molar-refractivity contribution >= 4 is 28.8 Å². The molecular formula is C9H11N5O2S. The van der Waals surface area contributed by atoms with E-state index >= 15 is 0 Å². The van der Waals surface area contributed by atoms with E-state index in [4.69, 9.17) is 12.2 Å². The lowest BCUT2D eigenvalue weighted by molar-refractivity contribution is -0.385. The van der Waals surface area contributed by atoms with Crippen LogP contribution in [0.15, 0.2) is 31.0 Å². The molecule has 8 heteroatoms. The van der Waals surface area contributed by atoms with Crippen molar-refractivity contribution in [3.05, 3.63) is 41.1 Å². The van der Waals surface area contributed by atoms with Crippen molar-refractivity contribution < 1.29 is 4.92 Å². The topological polar surface area (TPSA) is 92.1 Å². The second-order valence-electron chi connectivity index (χ2n) is 2.91. The Labute approximate surface area is 103 Å². The minimum absolute atomic E-state index is 0.0668. The van der Waals surface area contributed by atoms with Crippen molar-refractivity contribution in [2.45, 2.75) is 0 Å². The van der Waals surface area contributed by atoms with Gasteiger partial charge < -0.3 is 5.32 Å². The van der Waals surface area contributed by atoms with E-state index in [2.05, 4.69) is 27.7 Å². The number of hydrogen-bond acceptors (Lipinski definition) is 5. The number of nitro groups is 1. The molecule has 0 bridgehead atoms. The summed E-state index contributed by atoms with van der Waals surface area (Å²) >= 11 is 4.92. The predicted octanol–water partition coefficient (Wildman–Crippen LogP) is 0.967. The van der Waals surface area contributed by atoms with E-state index < -0.39 is 4.92 Å². The van der Waals surface area contributed by atoms with Crippen LogP contribution in [0, 0.1) is 10.1 Å². The largest absolute Gasteiger partial charge is 0.358 e. The van der Waals surface area contributed by atoms with E-state index in [-0.39, 0.29) is 5.69 Å². The van der Waals surface area contributed by atoms with Gasteiger partial charge in [-0.25, -0.2) is 4.98 Å². The van der Waals surface area contributed by atoms with Gasteiger partial charge in [0, 0.05) is 12.6 Å². The van der Waals surface area contributed by atoms with Crippen molar-refractivity contribution in [2.75, 3.05) is 12.0 Å². The number of rotatable bonds is 5. The van der Waals surface area contributed by atoms with Crippen molar-refractivity contribution in [1.82, 2.24) is 15.7 Å². The summed E-state index contributed by atoms with van der Waals surface area (Å²) in [6, 6.07) is 2.82. The molecule has 3 N–H and O–H groups in total. The third kappa shape index (κ3) is 4.43. The van der Waals surface area contributed by atoms with E-state index in [0.717, 1.165) is 6.20 Å². The second-order valence-corrected chi connectivity index (χ2v) is 3.32. The summed E-state index contributed by atoms with van der Waals surface area (Å²) in [5.41, 5.74) is 5.30. The molecule has 0 aromatic carbocycles. The third-order valence-corrected chi connectivity index (χ3v) is 1.92. The van der Waals surface area contributed by atoms with Gasteiger partial charge in [-0.15, -0.1) is 6.58 Å². The van der Waals surface area contributed by atoms with Gasteiger partial charge in [0.2, 0.25) is 0 Å². The molecule has 1 heterocycles. The molecule has 0 spiro atoms. The van der Waals surface area contributed by atoms with Crippen LogP contribution in [-0.2, 0) is 0 Å². The van der Waals surface area contributed by atoms with Crippen LogP contribution in [0.5, 0.6) is 0 Å². The Kier molecular flexibility index (Phi) is 4.82. The molecule has 0 aliphatic rings. The van der Waals surface area contributed by atoms with Gasteiger partial charge in [0.1, 0.15) is 12.0 Å². The van der Waals surface area contributed by atoms with Crippen molar-refractivity contribution in [1.29, 1.82) is 0 Å². The Bertz CT molecular complexity index is 420. The molecule has 0 amide bonds. The highest BCUT2D eigenvalue weighted by Crippen LogP contribution is 2.10. The molecule has 0 atom stereocenters. The number of pyridine rings is 1. The zero-order chi connectivity index (χ0) is 12.7. The van der Waals surface area contributed by atoms with Crippen LogP contribution >= 0.6 is 12.2 Å². The van der Waals surface area contributed by atoms with Gasteiger partial charge >= 0.3 is 0 Å². The quantitative estimate of drug-likeness (QED) is 0.311. The Morgan fingerprint density at radius 2 is 2.41 bits per heavy atom. The standard InChI is InChI=1S/C9H11N5O2S/c1-2-5-10-9(17)13-12-8-4-3-7(6-11-8)14(15)16/h2-4,6H,1,5H2,(H,11,12)(H2,10,13,17). The lowest BCUT2D eigenvalue weighted by atomic mass is 10.4. The van der Waals surface area contributed by atoms with Gasteiger partial charge in [-0.1, -0.05) is 6.08 Å². The minimum Gasteiger partial charge on any atom is -0.358 e. The molecule has 1 rings (SSSR count). The summed E-state index contributed by atoms with van der Waals surface area (Å²) in [5, 5.41) is 13.6. The van der Waals surface area contributed by atoms with E-state index in [0.29, 0.717) is 17.5 Å². The molecule has 90 valence electrons. The SMILES string of the molecule is C=CCNC(=S)NNc1ccc([N+](=O)[O-])cn1. The number of aromatic nitrogens is 1. The number of nitrogens with one attached hydrogen (secondary N) is 3. The fourth-order valence-electron chi connectivity index (χ4n) is 0.898. The summed E-state index contributed by atoms with van der Waals surface area (Å²) < 4.78 is 0. The van der Waals surface area contributed by atoms with Gasteiger partial charge in [-0.05, 0) is 18.3 Å². The van der Waals surface area contributed by atoms with Gasteiger partial charge in [0.15, 0.2) is 5.11 Å². The Morgan fingerprint density at radius 1 is 1.65 bits per heavy atom. The fourth-order valence-corrected chi connectivity index (χ4v) is 1.03. The van der Waals surface area contributed by atoms with Gasteiger partial charge in [-0.3, -0.25) is 21.0 Å². The molecular weight excluding hydrogens is 242 g/mol. The van der Waals surface area contributed by atoms with E-state index in [9.17, 15) is 10.1 Å². The van der Waals surface area contributed by atoms with Crippen LogP contribution in [0.4, 0.5) is 11.5 Å². The molecule has 0 fully saturated rings. The Hall–Kier alpha value is -2.22. The van der Waals surface area contributed by atoms with Gasteiger partial charge in [0.25, 0.3) is 5.69 Å². The van der Waals surface area contributed by atoms with Crippen LogP contribution in [0.25, 0.3) is 0 Å². The molecule has 1 aromatic heterocycles. The second kappa shape index (κ2) is 6.38. The van der Waals surface area contributed by atoms with Gasteiger partial charge in [0.05, 0.1) is 4.92 Å². The number of nitrogens with zero attached hydrogens (tertiary/aromatic N) is 2. The molecule has 0 radical (unpaired) electrons. The van der Waals surface area contributed by atoms with E-state index in [1.165, 1.54) is 12.1 Å². The maximum atomic E-state index is 10.4. The first-order chi connectivity index (χ1) is 8.13. The van der Waals surface area contributed by atoms with E-state index in [1.807, 2.05) is 0 Å². The highest BCUT2D eigenvalue weighted by atomic mass is 32.1. The summed E-state index contributed by atoms with van der Waals surface area (Å²) in [7, 11) is 0. The number of anilines is 1. The van der Waals surface area contributed by atoms with Crippen LogP contribution in [-0.4, -0.2) is 21.6 Å². The average molecular weight is 253 g/mol. The minimum atomic E-state index is -0.513. The number of hydrazine groups is 1. The molecule has 0 aliphatic heterocycles. The van der Waals surface area contributed by atoms with Crippen molar-refractivity contribution in [2.24, 2.45) is 0 Å². The molecule has 1 aromatic rings. The fraction of sp³-hybridized carbons (Fsp3) is 0.111. The Morgan fingerprint density at radius 3 is 2.94 bits per heavy atom. The molecule has 0 saturated heterocycles. The monoisotopic (exact) mass is 253 g/mol. The summed E-state index contributed by atoms with van der Waals surface area (Å²) in [6.07, 6.45) is 2.82. The molecule has 7 nitrogen and oxygen atoms in total. The van der Waals surface area contributed by atoms with Crippen LogP contribution < -0.4 is 16.2 Å². The van der Waals surface area contributed by atoms with Crippen molar-refractivity contribution in [3.8, 4) is 0 Å². The zero-order valence-electron chi connectivity index (χ0n) is 8.84. The van der Waals surface area contributed by atoms with Crippen molar-refractivity contribution in [3.63, 3.8) is 0 Å². The van der Waals surface area contributed by atoms with Crippen LogP contribution in [0.1, 0.15) is 0 Å². The maximum Gasteiger partial charge on any atom is 0.287 e. The lowest BCUT2D eigenvalue weighted by Crippen LogP contribution is -2.38. The summed E-state index contributed by atoms with van der Waals surface area (Å²) in [4.78, 5) is 13.7. The van der Waals surface area contributed by atoms with Crippen LogP contribution in [0.3, 0.4) is 0 Å². The first-order valence-corrected chi connectivity index (χ1v) is 5.05. The summed E-state index contributed by atoms with van der Waals surface area (Å²) in [5.74, 6) is 0.429. The Balaban J connectivity index is 2.44. The third-order valence-electron chi connectivity index (χ3n) is 1.67. The first-order valence-electron chi connectivity index (χ1n) is 4.64. The first kappa shape index (κ1) is 12.8. The number of hydrogen-bond donors (Lipinski definition) is 3. The summed E-state index contributed by atoms with van der Waals surface area (Å²) in [6.45, 7) is 4.07. The molecule has 0 saturated carbocycles. The number of thiocarbonyl (C=S) groups is 1. The molecule has 0 aliphatic carbocycles. The van der Waals surface area contributed by atoms with Crippen LogP contribution in [0.2, 0.25) is 0 Å². The normalized spacial score (nSPS) is 9.18. The highest BCUT2D eigenvalue weighted by molar-refractivity contribution is 7.80. The van der Waals surface area contributed by atoms with E-state index in [1.54, 1.807) is 6.08 Å². The smallest absolute Gasteiger partial charge is 0.287 e. The average Bonchev–Trinajstić information content (AvgIpc) is 2.34. The maximum absolute atomic E-state index is 10.4. The van der Waals surface area contributed by atoms with Gasteiger partial charge in [-0.2, -0.15) is 0 Å².